The molecule has 0 saturated heterocycles. The van der Waals surface area contributed by atoms with Crippen LogP contribution in [0.2, 0.25) is 0 Å². The molecule has 2 nitrogen and oxygen atoms in total. The standard InChI is InChI=1S/C13H29N.C6H11NS/c1-3-4-5-6-7-8-9-10-11-12-13-14-2;1-3-7-4-5-8-6(7)2/h14H,3-13H2,1-2H3;3H,4-5H2,1-2H3/q;+1. The summed E-state index contributed by atoms with van der Waals surface area (Å²) >= 11 is 1.94. The summed E-state index contributed by atoms with van der Waals surface area (Å²) in [7, 11) is 2.04. The Bertz CT molecular complexity index is 252. The van der Waals surface area contributed by atoms with Crippen molar-refractivity contribution in [2.24, 2.45) is 0 Å². The van der Waals surface area contributed by atoms with Gasteiger partial charge in [0.1, 0.15) is 0 Å². The molecule has 1 N–H and O–H groups in total. The average molecular weight is 329 g/mol. The summed E-state index contributed by atoms with van der Waals surface area (Å²) < 4.78 is 2.28. The summed E-state index contributed by atoms with van der Waals surface area (Å²) in [5.74, 6) is 1.26. The minimum Gasteiger partial charge on any atom is -0.320 e. The molecule has 1 radical (unpaired) electrons. The quantitative estimate of drug-likeness (QED) is 0.377. The Morgan fingerprint density at radius 3 is 1.91 bits per heavy atom. The molecule has 0 spiro atoms. The van der Waals surface area contributed by atoms with Crippen molar-refractivity contribution in [3.05, 3.63) is 6.54 Å². The van der Waals surface area contributed by atoms with Crippen LogP contribution in [0.25, 0.3) is 0 Å². The van der Waals surface area contributed by atoms with Crippen LogP contribution in [0.5, 0.6) is 0 Å². The zero-order valence-electron chi connectivity index (χ0n) is 15.6. The lowest BCUT2D eigenvalue weighted by molar-refractivity contribution is -0.475. The average Bonchev–Trinajstić information content (AvgIpc) is 2.95. The Kier molecular flexibility index (Phi) is 17.3. The third-order valence-corrected chi connectivity index (χ3v) is 5.18. The number of thioether (sulfide) groups is 1. The summed E-state index contributed by atoms with van der Waals surface area (Å²) in [6.45, 7) is 11.0. The van der Waals surface area contributed by atoms with Crippen LogP contribution in [-0.4, -0.2) is 35.5 Å². The first-order valence-electron chi connectivity index (χ1n) is 9.43. The third-order valence-electron chi connectivity index (χ3n) is 4.14. The molecule has 131 valence electrons. The first kappa shape index (κ1) is 22.0. The summed E-state index contributed by atoms with van der Waals surface area (Å²) in [4.78, 5) is 0. The largest absolute Gasteiger partial charge is 0.320 e. The maximum atomic E-state index is 3.19. The minimum absolute atomic E-state index is 1.19. The molecule has 1 rings (SSSR count). The maximum Gasteiger partial charge on any atom is 0.211 e. The van der Waals surface area contributed by atoms with Gasteiger partial charge < -0.3 is 5.32 Å². The van der Waals surface area contributed by atoms with Gasteiger partial charge >= 0.3 is 0 Å². The van der Waals surface area contributed by atoms with E-state index in [0.29, 0.717) is 0 Å². The van der Waals surface area contributed by atoms with E-state index in [-0.39, 0.29) is 0 Å². The fourth-order valence-electron chi connectivity index (χ4n) is 2.63. The van der Waals surface area contributed by atoms with Crippen molar-refractivity contribution in [2.75, 3.05) is 25.9 Å². The predicted molar refractivity (Wildman–Crippen MR) is 104 cm³/mol. The van der Waals surface area contributed by atoms with Crippen molar-refractivity contribution in [1.29, 1.82) is 0 Å². The first-order valence-corrected chi connectivity index (χ1v) is 10.4. The number of nitrogens with one attached hydrogen (secondary N) is 1. The highest BCUT2D eigenvalue weighted by Crippen LogP contribution is 2.11. The Balaban J connectivity index is 0.000000461. The number of hydrogen-bond donors (Lipinski definition) is 1. The van der Waals surface area contributed by atoms with Gasteiger partial charge in [-0.2, -0.15) is 0 Å². The van der Waals surface area contributed by atoms with Crippen LogP contribution in [0.15, 0.2) is 0 Å². The van der Waals surface area contributed by atoms with Crippen molar-refractivity contribution < 1.29 is 4.58 Å². The van der Waals surface area contributed by atoms with Crippen molar-refractivity contribution in [3.8, 4) is 0 Å². The van der Waals surface area contributed by atoms with Gasteiger partial charge in [-0.3, -0.25) is 0 Å². The van der Waals surface area contributed by atoms with Crippen LogP contribution in [0.1, 0.15) is 85.0 Å². The molecule has 0 amide bonds. The molecule has 0 fully saturated rings. The molecule has 0 aromatic carbocycles. The summed E-state index contributed by atoms with van der Waals surface area (Å²) in [6.07, 6.45) is 14.3. The maximum absolute atomic E-state index is 3.19. The lowest BCUT2D eigenvalue weighted by Gasteiger charge is -2.01. The van der Waals surface area contributed by atoms with Crippen LogP contribution in [0.3, 0.4) is 0 Å². The Morgan fingerprint density at radius 1 is 1.00 bits per heavy atom. The van der Waals surface area contributed by atoms with Gasteiger partial charge in [0.25, 0.3) is 0 Å². The van der Waals surface area contributed by atoms with E-state index in [4.69, 9.17) is 0 Å². The van der Waals surface area contributed by atoms with E-state index >= 15 is 0 Å². The lowest BCUT2D eigenvalue weighted by Crippen LogP contribution is -2.07. The van der Waals surface area contributed by atoms with Crippen LogP contribution in [0.4, 0.5) is 0 Å². The molecule has 0 aromatic rings. The molecule has 1 aliphatic rings. The number of nitrogens with zero attached hydrogens (tertiary/aromatic N) is 1. The second-order valence-corrected chi connectivity index (χ2v) is 7.39. The highest BCUT2D eigenvalue weighted by molar-refractivity contribution is 8.13. The Hall–Kier alpha value is -0.0200. The second kappa shape index (κ2) is 17.3. The van der Waals surface area contributed by atoms with E-state index in [1.165, 1.54) is 88.1 Å². The molecule has 0 atom stereocenters. The van der Waals surface area contributed by atoms with Crippen LogP contribution >= 0.6 is 11.8 Å². The number of rotatable bonds is 12. The molecule has 1 heterocycles. The highest BCUT2D eigenvalue weighted by Gasteiger charge is 2.16. The van der Waals surface area contributed by atoms with Crippen molar-refractivity contribution >= 4 is 16.8 Å². The van der Waals surface area contributed by atoms with Gasteiger partial charge in [-0.25, -0.2) is 4.58 Å². The van der Waals surface area contributed by atoms with Crippen molar-refractivity contribution in [3.63, 3.8) is 0 Å². The predicted octanol–water partition coefficient (Wildman–Crippen LogP) is 5.47. The molecule has 1 aliphatic heterocycles. The Morgan fingerprint density at radius 2 is 1.55 bits per heavy atom. The van der Waals surface area contributed by atoms with Gasteiger partial charge in [0.05, 0.1) is 5.75 Å². The van der Waals surface area contributed by atoms with E-state index in [9.17, 15) is 0 Å². The van der Waals surface area contributed by atoms with Crippen LogP contribution < -0.4 is 5.32 Å². The van der Waals surface area contributed by atoms with Crippen LogP contribution in [-0.2, 0) is 0 Å². The molecule has 0 aromatic heterocycles. The first-order chi connectivity index (χ1) is 10.8. The van der Waals surface area contributed by atoms with E-state index < -0.39 is 0 Å². The Labute approximate surface area is 144 Å². The van der Waals surface area contributed by atoms with Gasteiger partial charge in [-0.05, 0) is 20.0 Å². The van der Waals surface area contributed by atoms with Crippen molar-refractivity contribution in [1.82, 2.24) is 5.32 Å². The van der Waals surface area contributed by atoms with E-state index in [1.807, 2.05) is 18.8 Å². The van der Waals surface area contributed by atoms with Gasteiger partial charge in [0.2, 0.25) is 11.6 Å². The zero-order chi connectivity index (χ0) is 16.5. The monoisotopic (exact) mass is 328 g/mol. The topological polar surface area (TPSA) is 15.0 Å². The molecular weight excluding hydrogens is 288 g/mol. The summed E-state index contributed by atoms with van der Waals surface area (Å²) in [5, 5.41) is 4.63. The molecule has 22 heavy (non-hydrogen) atoms. The van der Waals surface area contributed by atoms with Gasteiger partial charge in [-0.15, -0.1) is 0 Å². The normalized spacial score (nSPS) is 14.2. The molecule has 0 aliphatic carbocycles. The van der Waals surface area contributed by atoms with Crippen LogP contribution in [0, 0.1) is 6.54 Å². The highest BCUT2D eigenvalue weighted by atomic mass is 32.2. The fourth-order valence-corrected chi connectivity index (χ4v) is 3.58. The smallest absolute Gasteiger partial charge is 0.211 e. The molecule has 0 saturated carbocycles. The third kappa shape index (κ3) is 13.6. The van der Waals surface area contributed by atoms with Gasteiger partial charge in [0, 0.05) is 13.8 Å². The minimum atomic E-state index is 1.19. The summed E-state index contributed by atoms with van der Waals surface area (Å²) in [6, 6.07) is 0. The molecule has 3 heteroatoms. The lowest BCUT2D eigenvalue weighted by atomic mass is 10.1. The second-order valence-electron chi connectivity index (χ2n) is 6.10. The molecule has 0 bridgehead atoms. The zero-order valence-corrected chi connectivity index (χ0v) is 16.4. The van der Waals surface area contributed by atoms with Crippen molar-refractivity contribution in [2.45, 2.75) is 85.0 Å². The summed E-state index contributed by atoms with van der Waals surface area (Å²) in [5.41, 5.74) is 0. The van der Waals surface area contributed by atoms with E-state index in [2.05, 4.69) is 37.2 Å². The SMILES string of the molecule is CCCCCCCCCCCCNC.C[CH][N+]1=C(C)SCC1. The molecular formula is C19H40N2S+. The van der Waals surface area contributed by atoms with E-state index in [0.717, 1.165) is 0 Å². The fraction of sp³-hybridized carbons (Fsp3) is 0.895. The van der Waals surface area contributed by atoms with Gasteiger partial charge in [0.15, 0.2) is 6.54 Å². The number of hydrogen-bond acceptors (Lipinski definition) is 2. The number of unbranched alkanes of at least 4 members (excludes halogenated alkanes) is 9. The molecule has 0 unspecified atom stereocenters. The van der Waals surface area contributed by atoms with Gasteiger partial charge in [-0.1, -0.05) is 76.5 Å². The van der Waals surface area contributed by atoms with E-state index in [1.54, 1.807) is 0 Å².